The van der Waals surface area contributed by atoms with Gasteiger partial charge in [-0.2, -0.15) is 0 Å². The number of Topliss-reactive ketones (excluding diaryl/α,β-unsaturated/α-hetero) is 1. The molecule has 4 rings (SSSR count). The van der Waals surface area contributed by atoms with Crippen LogP contribution in [0.15, 0.2) is 48.0 Å². The summed E-state index contributed by atoms with van der Waals surface area (Å²) >= 11 is 1.38. The van der Waals surface area contributed by atoms with Crippen molar-refractivity contribution in [2.45, 2.75) is 59.2 Å². The molecule has 0 atom stereocenters. The van der Waals surface area contributed by atoms with Gasteiger partial charge in [-0.15, -0.1) is 11.3 Å². The molecule has 0 saturated carbocycles. The van der Waals surface area contributed by atoms with E-state index in [1.165, 1.54) is 17.4 Å². The predicted molar refractivity (Wildman–Crippen MR) is 162 cm³/mol. The Morgan fingerprint density at radius 2 is 1.67 bits per heavy atom. The van der Waals surface area contributed by atoms with Gasteiger partial charge in [-0.05, 0) is 82.8 Å². The van der Waals surface area contributed by atoms with Crippen molar-refractivity contribution >= 4 is 40.7 Å². The topological polar surface area (TPSA) is 101 Å². The third-order valence-corrected chi connectivity index (χ3v) is 7.20. The molecule has 0 aliphatic carbocycles. The van der Waals surface area contributed by atoms with Crippen LogP contribution in [0.25, 0.3) is 10.4 Å². The highest BCUT2D eigenvalue weighted by molar-refractivity contribution is 7.13. The van der Waals surface area contributed by atoms with Crippen molar-refractivity contribution < 1.29 is 28.2 Å². The van der Waals surface area contributed by atoms with Gasteiger partial charge in [0.05, 0.1) is 17.6 Å². The van der Waals surface area contributed by atoms with Crippen LogP contribution in [0.2, 0.25) is 0 Å². The minimum absolute atomic E-state index is 0.106. The van der Waals surface area contributed by atoms with E-state index in [0.29, 0.717) is 42.2 Å². The lowest BCUT2D eigenvalue weighted by atomic mass is 10.0. The average molecular weight is 597 g/mol. The summed E-state index contributed by atoms with van der Waals surface area (Å²) in [6.45, 7) is 13.0. The van der Waals surface area contributed by atoms with Gasteiger partial charge in [0.25, 0.3) is 0 Å². The Hall–Kier alpha value is -3.99. The number of nitrogens with one attached hydrogen (secondary N) is 1. The lowest BCUT2D eigenvalue weighted by Gasteiger charge is -2.36. The molecule has 9 nitrogen and oxygen atoms in total. The number of anilines is 2. The molecule has 1 aromatic carbocycles. The molecule has 1 fully saturated rings. The Kier molecular flexibility index (Phi) is 9.20. The lowest BCUT2D eigenvalue weighted by molar-refractivity contribution is 0.0240. The molecule has 0 radical (unpaired) electrons. The van der Waals surface area contributed by atoms with Gasteiger partial charge < -0.3 is 19.3 Å². The largest absolute Gasteiger partial charge is 0.444 e. The van der Waals surface area contributed by atoms with Gasteiger partial charge in [0.15, 0.2) is 5.78 Å². The second-order valence-corrected chi connectivity index (χ2v) is 13.0. The molecular weight excluding hydrogens is 559 g/mol. The minimum atomic E-state index is -0.746. The van der Waals surface area contributed by atoms with Gasteiger partial charge in [0.1, 0.15) is 22.7 Å². The van der Waals surface area contributed by atoms with E-state index in [-0.39, 0.29) is 29.7 Å². The molecule has 1 aliphatic heterocycles. The Morgan fingerprint density at radius 1 is 0.976 bits per heavy atom. The van der Waals surface area contributed by atoms with Gasteiger partial charge in [-0.1, -0.05) is 6.07 Å². The van der Waals surface area contributed by atoms with Crippen molar-refractivity contribution in [3.05, 3.63) is 65.0 Å². The standard InChI is InChI=1S/C31H37FN4O5S/c1-30(2,3)40-28(38)34-25-18-23(32)22(27-8-7-15-42-27)16-20(25)17-26(37)24-10-9-21(19-33-24)35-11-13-36(14-12-35)29(39)41-31(4,5)6/h7-10,15-16,18-19H,11-14,17H2,1-6H3,(H,34,38). The third-order valence-electron chi connectivity index (χ3n) is 6.30. The van der Waals surface area contributed by atoms with Gasteiger partial charge in [-0.3, -0.25) is 15.1 Å². The Bertz CT molecular complexity index is 1420. The Labute approximate surface area is 249 Å². The van der Waals surface area contributed by atoms with E-state index in [1.807, 2.05) is 38.3 Å². The van der Waals surface area contributed by atoms with E-state index in [1.54, 1.807) is 50.1 Å². The summed E-state index contributed by atoms with van der Waals surface area (Å²) in [7, 11) is 0. The van der Waals surface area contributed by atoms with Gasteiger partial charge >= 0.3 is 12.2 Å². The molecular formula is C31H37FN4O5S. The van der Waals surface area contributed by atoms with Crippen LogP contribution in [-0.4, -0.2) is 65.2 Å². The molecule has 1 N–H and O–H groups in total. The fraction of sp³-hybridized carbons (Fsp3) is 0.419. The van der Waals surface area contributed by atoms with Gasteiger partial charge in [-0.25, -0.2) is 14.0 Å². The summed E-state index contributed by atoms with van der Waals surface area (Å²) in [4.78, 5) is 47.0. The molecule has 2 aromatic heterocycles. The fourth-order valence-corrected chi connectivity index (χ4v) is 5.13. The molecule has 1 aliphatic rings. The highest BCUT2D eigenvalue weighted by Gasteiger charge is 2.26. The van der Waals surface area contributed by atoms with Crippen molar-refractivity contribution in [3.63, 3.8) is 0 Å². The molecule has 42 heavy (non-hydrogen) atoms. The van der Waals surface area contributed by atoms with Gasteiger partial charge in [0, 0.05) is 43.0 Å². The van der Waals surface area contributed by atoms with Crippen molar-refractivity contribution in [2.24, 2.45) is 0 Å². The van der Waals surface area contributed by atoms with E-state index in [4.69, 9.17) is 9.47 Å². The van der Waals surface area contributed by atoms with Gasteiger partial charge in [0.2, 0.25) is 0 Å². The van der Waals surface area contributed by atoms with Crippen molar-refractivity contribution in [1.82, 2.24) is 9.88 Å². The maximum atomic E-state index is 15.1. The maximum Gasteiger partial charge on any atom is 0.412 e. The molecule has 2 amide bonds. The first kappa shape index (κ1) is 31.0. The number of aromatic nitrogens is 1. The molecule has 1 saturated heterocycles. The highest BCUT2D eigenvalue weighted by Crippen LogP contribution is 2.32. The molecule has 0 unspecified atom stereocenters. The Morgan fingerprint density at radius 3 is 2.24 bits per heavy atom. The molecule has 0 spiro atoms. The number of hydrogen-bond acceptors (Lipinski definition) is 8. The average Bonchev–Trinajstić information content (AvgIpc) is 3.43. The number of carbonyl (C=O) groups excluding carboxylic acids is 3. The number of benzene rings is 1. The van der Waals surface area contributed by atoms with E-state index < -0.39 is 23.1 Å². The minimum Gasteiger partial charge on any atom is -0.444 e. The number of ketones is 1. The summed E-state index contributed by atoms with van der Waals surface area (Å²) in [5.74, 6) is -0.804. The first-order valence-electron chi connectivity index (χ1n) is 13.8. The van der Waals surface area contributed by atoms with Crippen molar-refractivity contribution in [1.29, 1.82) is 0 Å². The number of halogens is 1. The maximum absolute atomic E-state index is 15.1. The van der Waals surface area contributed by atoms with Crippen LogP contribution < -0.4 is 10.2 Å². The summed E-state index contributed by atoms with van der Waals surface area (Å²) in [5.41, 5.74) is 0.739. The van der Waals surface area contributed by atoms with Crippen LogP contribution in [-0.2, 0) is 15.9 Å². The third kappa shape index (κ3) is 8.28. The second kappa shape index (κ2) is 12.5. The predicted octanol–water partition coefficient (Wildman–Crippen LogP) is 6.78. The van der Waals surface area contributed by atoms with Crippen LogP contribution in [0.3, 0.4) is 0 Å². The van der Waals surface area contributed by atoms with Crippen LogP contribution in [0.4, 0.5) is 25.4 Å². The first-order valence-corrected chi connectivity index (χ1v) is 14.6. The second-order valence-electron chi connectivity index (χ2n) is 12.0. The van der Waals surface area contributed by atoms with Crippen LogP contribution in [0.5, 0.6) is 0 Å². The number of hydrogen-bond donors (Lipinski definition) is 1. The summed E-state index contributed by atoms with van der Waals surface area (Å²) < 4.78 is 25.9. The van der Waals surface area contributed by atoms with E-state index in [2.05, 4.69) is 15.2 Å². The quantitative estimate of drug-likeness (QED) is 0.313. The normalized spacial score (nSPS) is 14.0. The van der Waals surface area contributed by atoms with Crippen LogP contribution >= 0.6 is 11.3 Å². The molecule has 11 heteroatoms. The van der Waals surface area contributed by atoms with Crippen LogP contribution in [0.1, 0.15) is 57.6 Å². The molecule has 0 bridgehead atoms. The van der Waals surface area contributed by atoms with Crippen molar-refractivity contribution in [2.75, 3.05) is 36.4 Å². The van der Waals surface area contributed by atoms with Crippen LogP contribution in [0, 0.1) is 5.82 Å². The fourth-order valence-electron chi connectivity index (χ4n) is 4.39. The number of amides is 2. The molecule has 224 valence electrons. The molecule has 3 aromatic rings. The van der Waals surface area contributed by atoms with E-state index >= 15 is 4.39 Å². The number of thiophene rings is 1. The van der Waals surface area contributed by atoms with E-state index in [0.717, 1.165) is 5.69 Å². The number of ether oxygens (including phenoxy) is 2. The number of piperazine rings is 1. The zero-order chi connectivity index (χ0) is 30.7. The summed E-state index contributed by atoms with van der Waals surface area (Å²) in [6, 6.07) is 9.90. The smallest absolute Gasteiger partial charge is 0.412 e. The summed E-state index contributed by atoms with van der Waals surface area (Å²) in [6.07, 6.45) is 0.460. The SMILES string of the molecule is CC(C)(C)OC(=O)Nc1cc(F)c(-c2cccs2)cc1CC(=O)c1ccc(N2CCN(C(=O)OC(C)(C)C)CC2)cn1. The summed E-state index contributed by atoms with van der Waals surface area (Å²) in [5, 5.41) is 4.44. The lowest BCUT2D eigenvalue weighted by Crippen LogP contribution is -2.50. The zero-order valence-corrected chi connectivity index (χ0v) is 25.6. The number of nitrogens with zero attached hydrogens (tertiary/aromatic N) is 3. The zero-order valence-electron chi connectivity index (χ0n) is 24.8. The Balaban J connectivity index is 1.47. The monoisotopic (exact) mass is 596 g/mol. The number of rotatable bonds is 6. The number of pyridine rings is 1. The van der Waals surface area contributed by atoms with E-state index in [9.17, 15) is 14.4 Å². The highest BCUT2D eigenvalue weighted by atomic mass is 32.1. The molecule has 3 heterocycles. The first-order chi connectivity index (χ1) is 19.7. The number of carbonyl (C=O) groups is 3. The van der Waals surface area contributed by atoms with Crippen molar-refractivity contribution in [3.8, 4) is 10.4 Å².